The second-order valence-electron chi connectivity index (χ2n) is 10.0. The van der Waals surface area contributed by atoms with Gasteiger partial charge in [-0.25, -0.2) is 14.0 Å². The van der Waals surface area contributed by atoms with E-state index in [0.717, 1.165) is 55.9 Å². The van der Waals surface area contributed by atoms with Crippen LogP contribution in [0.25, 0.3) is 10.9 Å². The number of nitrogens with one attached hydrogen (secondary N) is 2. The van der Waals surface area contributed by atoms with Crippen molar-refractivity contribution in [1.29, 1.82) is 0 Å². The first-order chi connectivity index (χ1) is 17.8. The minimum atomic E-state index is -0.703. The normalized spacial score (nSPS) is 17.8. The summed E-state index contributed by atoms with van der Waals surface area (Å²) in [5.41, 5.74) is -0.586. The molecule has 0 radical (unpaired) electrons. The van der Waals surface area contributed by atoms with Gasteiger partial charge in [0.1, 0.15) is 12.4 Å². The first kappa shape index (κ1) is 26.6. The lowest BCUT2D eigenvalue weighted by Crippen LogP contribution is -2.45. The number of halogens is 1. The molecule has 1 amide bonds. The van der Waals surface area contributed by atoms with E-state index in [-0.39, 0.29) is 17.5 Å². The monoisotopic (exact) mass is 514 g/mol. The quantitative estimate of drug-likeness (QED) is 0.413. The minimum Gasteiger partial charge on any atom is -0.466 e. The van der Waals surface area contributed by atoms with E-state index in [1.54, 1.807) is 17.6 Å². The van der Waals surface area contributed by atoms with Crippen molar-refractivity contribution in [2.24, 2.45) is 0 Å². The van der Waals surface area contributed by atoms with E-state index >= 15 is 4.39 Å². The van der Waals surface area contributed by atoms with E-state index in [0.29, 0.717) is 11.2 Å². The van der Waals surface area contributed by atoms with Gasteiger partial charge >= 0.3 is 11.7 Å². The molecule has 2 aliphatic carbocycles. The van der Waals surface area contributed by atoms with Gasteiger partial charge in [-0.3, -0.25) is 18.7 Å². The number of hydrogen-bond acceptors (Lipinski definition) is 6. The van der Waals surface area contributed by atoms with Crippen LogP contribution in [-0.4, -0.2) is 40.2 Å². The number of fused-ring (bicyclic) bond motifs is 1. The third-order valence-electron chi connectivity index (χ3n) is 7.32. The van der Waals surface area contributed by atoms with Gasteiger partial charge in [-0.15, -0.1) is 0 Å². The Morgan fingerprint density at radius 1 is 1.11 bits per heavy atom. The van der Waals surface area contributed by atoms with Crippen LogP contribution in [0.15, 0.2) is 33.9 Å². The van der Waals surface area contributed by atoms with Crippen molar-refractivity contribution >= 4 is 28.5 Å². The fourth-order valence-corrected chi connectivity index (χ4v) is 5.41. The highest BCUT2D eigenvalue weighted by atomic mass is 19.1. The zero-order valence-electron chi connectivity index (χ0n) is 21.4. The summed E-state index contributed by atoms with van der Waals surface area (Å²) in [7, 11) is 1.25. The number of rotatable bonds is 8. The predicted octanol–water partition coefficient (Wildman–Crippen LogP) is 3.40. The first-order valence-electron chi connectivity index (χ1n) is 13.1. The van der Waals surface area contributed by atoms with Crippen LogP contribution in [0.3, 0.4) is 0 Å². The number of carbonyl (C=O) groups excluding carboxylic acids is 2. The van der Waals surface area contributed by atoms with Crippen LogP contribution in [-0.2, 0) is 20.9 Å². The molecular weight excluding hydrogens is 479 g/mol. The molecule has 2 aromatic rings. The molecule has 2 fully saturated rings. The number of ether oxygens (including phenoxy) is 1. The summed E-state index contributed by atoms with van der Waals surface area (Å²) in [6.07, 6.45) is 11.3. The molecule has 4 rings (SSSR count). The fourth-order valence-electron chi connectivity index (χ4n) is 5.41. The summed E-state index contributed by atoms with van der Waals surface area (Å²) in [5, 5.41) is 6.00. The number of esters is 1. The van der Waals surface area contributed by atoms with E-state index in [1.807, 2.05) is 0 Å². The molecular formula is C27H35FN4O5. The maximum absolute atomic E-state index is 15.2. The molecule has 9 nitrogen and oxygen atoms in total. The molecule has 0 aliphatic heterocycles. The van der Waals surface area contributed by atoms with Gasteiger partial charge in [-0.1, -0.05) is 38.2 Å². The van der Waals surface area contributed by atoms with Crippen LogP contribution in [0.5, 0.6) is 0 Å². The average molecular weight is 515 g/mol. The standard InChI is InChI=1S/C27H35FN4O5/c1-17(12-13-25(34)37-2)29-24(33)16-31-26(35)20-14-21(28)22(30-18-8-4-3-5-9-18)15-23(20)32(27(31)36)19-10-6-7-11-19/h12-15,17-19,30H,3-11,16H2,1-2H3,(H,29,33)/t17-/m0/s1. The number of nitrogens with zero attached hydrogens (tertiary/aromatic N) is 2. The molecule has 2 aliphatic rings. The predicted molar refractivity (Wildman–Crippen MR) is 139 cm³/mol. The van der Waals surface area contributed by atoms with Crippen molar-refractivity contribution in [3.63, 3.8) is 0 Å². The molecule has 0 saturated heterocycles. The molecule has 10 heteroatoms. The average Bonchev–Trinajstić information content (AvgIpc) is 3.41. The van der Waals surface area contributed by atoms with Crippen LogP contribution in [0.4, 0.5) is 10.1 Å². The Kier molecular flexibility index (Phi) is 8.45. The number of hydrogen-bond donors (Lipinski definition) is 2. The van der Waals surface area contributed by atoms with Crippen molar-refractivity contribution in [3.8, 4) is 0 Å². The van der Waals surface area contributed by atoms with Gasteiger partial charge in [0.25, 0.3) is 5.56 Å². The van der Waals surface area contributed by atoms with E-state index in [9.17, 15) is 19.2 Å². The van der Waals surface area contributed by atoms with Gasteiger partial charge in [-0.05, 0) is 44.7 Å². The van der Waals surface area contributed by atoms with E-state index in [1.165, 1.54) is 31.7 Å². The van der Waals surface area contributed by atoms with Crippen molar-refractivity contribution in [2.45, 2.75) is 89.4 Å². The molecule has 1 heterocycles. The Labute approximate surface area is 214 Å². The second-order valence-corrected chi connectivity index (χ2v) is 10.0. The molecule has 0 unspecified atom stereocenters. The van der Waals surface area contributed by atoms with Crippen molar-refractivity contribution in [2.75, 3.05) is 12.4 Å². The largest absolute Gasteiger partial charge is 0.466 e. The SMILES string of the molecule is COC(=O)C=C[C@H](C)NC(=O)Cn1c(=O)c2cc(F)c(NC3CCCCC3)cc2n(C2CCCC2)c1=O. The Hall–Kier alpha value is -3.43. The Morgan fingerprint density at radius 3 is 2.46 bits per heavy atom. The van der Waals surface area contributed by atoms with E-state index < -0.39 is 41.5 Å². The van der Waals surface area contributed by atoms with Gasteiger partial charge in [0.05, 0.1) is 23.7 Å². The highest BCUT2D eigenvalue weighted by Gasteiger charge is 2.25. The van der Waals surface area contributed by atoms with Crippen LogP contribution < -0.4 is 21.9 Å². The van der Waals surface area contributed by atoms with Crippen LogP contribution in [0.1, 0.15) is 70.8 Å². The smallest absolute Gasteiger partial charge is 0.332 e. The summed E-state index contributed by atoms with van der Waals surface area (Å²) in [5.74, 6) is -1.69. The van der Waals surface area contributed by atoms with Gasteiger partial charge in [-0.2, -0.15) is 0 Å². The van der Waals surface area contributed by atoms with E-state index in [4.69, 9.17) is 0 Å². The molecule has 1 aromatic heterocycles. The van der Waals surface area contributed by atoms with Gasteiger partial charge in [0.15, 0.2) is 0 Å². The molecule has 200 valence electrons. The lowest BCUT2D eigenvalue weighted by molar-refractivity contribution is -0.135. The zero-order chi connectivity index (χ0) is 26.5. The molecule has 2 N–H and O–H groups in total. The van der Waals surface area contributed by atoms with Crippen LogP contribution >= 0.6 is 0 Å². The van der Waals surface area contributed by atoms with Crippen LogP contribution in [0.2, 0.25) is 0 Å². The number of carbonyl (C=O) groups is 2. The number of methoxy groups -OCH3 is 1. The Balaban J connectivity index is 1.70. The minimum absolute atomic E-state index is 0.0737. The summed E-state index contributed by atoms with van der Waals surface area (Å²) in [6, 6.07) is 2.27. The lowest BCUT2D eigenvalue weighted by Gasteiger charge is -2.25. The molecule has 0 spiro atoms. The topological polar surface area (TPSA) is 111 Å². The van der Waals surface area contributed by atoms with Gasteiger partial charge in [0, 0.05) is 24.2 Å². The Bertz CT molecular complexity index is 1300. The molecule has 1 atom stereocenters. The molecule has 37 heavy (non-hydrogen) atoms. The third kappa shape index (κ3) is 6.11. The molecule has 2 saturated carbocycles. The second kappa shape index (κ2) is 11.7. The molecule has 0 bridgehead atoms. The molecule has 1 aromatic carbocycles. The number of benzene rings is 1. The van der Waals surface area contributed by atoms with E-state index in [2.05, 4.69) is 15.4 Å². The summed E-state index contributed by atoms with van der Waals surface area (Å²) in [6.45, 7) is 1.13. The highest BCUT2D eigenvalue weighted by Crippen LogP contribution is 2.32. The lowest BCUT2D eigenvalue weighted by atomic mass is 9.95. The zero-order valence-corrected chi connectivity index (χ0v) is 21.4. The van der Waals surface area contributed by atoms with Crippen LogP contribution in [0, 0.1) is 5.82 Å². The number of amides is 1. The van der Waals surface area contributed by atoms with Crippen molar-refractivity contribution < 1.29 is 18.7 Å². The maximum Gasteiger partial charge on any atom is 0.332 e. The fraction of sp³-hybridized carbons (Fsp3) is 0.556. The number of anilines is 1. The van der Waals surface area contributed by atoms with Gasteiger partial charge < -0.3 is 15.4 Å². The third-order valence-corrected chi connectivity index (χ3v) is 7.32. The maximum atomic E-state index is 15.2. The highest BCUT2D eigenvalue weighted by molar-refractivity contribution is 5.84. The van der Waals surface area contributed by atoms with Crippen molar-refractivity contribution in [1.82, 2.24) is 14.5 Å². The number of aromatic nitrogens is 2. The van der Waals surface area contributed by atoms with Gasteiger partial charge in [0.2, 0.25) is 5.91 Å². The summed E-state index contributed by atoms with van der Waals surface area (Å²) >= 11 is 0. The summed E-state index contributed by atoms with van der Waals surface area (Å²) < 4.78 is 22.2. The Morgan fingerprint density at radius 2 is 1.78 bits per heavy atom. The summed E-state index contributed by atoms with van der Waals surface area (Å²) in [4.78, 5) is 50.9. The van der Waals surface area contributed by atoms with Crippen molar-refractivity contribution in [3.05, 3.63) is 50.9 Å². The first-order valence-corrected chi connectivity index (χ1v) is 13.1.